The first kappa shape index (κ1) is 15.8. The molecule has 1 N–H and O–H groups in total. The van der Waals surface area contributed by atoms with Crippen molar-refractivity contribution in [3.8, 4) is 0 Å². The standard InChI is InChI=1S/C12H25NO2S/c1-5-11(10(2)3)13-7-9-16-8-6-12(14)15-4/h10-11,13H,5-9H2,1-4H3. The number of rotatable bonds is 9. The van der Waals surface area contributed by atoms with Crippen LogP contribution in [0.15, 0.2) is 0 Å². The quantitative estimate of drug-likeness (QED) is 0.501. The van der Waals surface area contributed by atoms with E-state index in [-0.39, 0.29) is 5.97 Å². The van der Waals surface area contributed by atoms with Gasteiger partial charge in [-0.3, -0.25) is 4.79 Å². The number of methoxy groups -OCH3 is 1. The molecule has 0 radical (unpaired) electrons. The van der Waals surface area contributed by atoms with Crippen LogP contribution in [0.2, 0.25) is 0 Å². The molecule has 0 spiro atoms. The molecule has 0 aromatic heterocycles. The molecule has 3 nitrogen and oxygen atoms in total. The summed E-state index contributed by atoms with van der Waals surface area (Å²) in [6.45, 7) is 7.71. The van der Waals surface area contributed by atoms with Gasteiger partial charge in [0.05, 0.1) is 13.5 Å². The van der Waals surface area contributed by atoms with E-state index in [0.29, 0.717) is 18.4 Å². The van der Waals surface area contributed by atoms with Gasteiger partial charge in [0.1, 0.15) is 0 Å². The Balaban J connectivity index is 3.35. The molecule has 0 amide bonds. The number of thioether (sulfide) groups is 1. The third-order valence-electron chi connectivity index (χ3n) is 2.58. The van der Waals surface area contributed by atoms with E-state index in [9.17, 15) is 4.79 Å². The molecule has 0 saturated heterocycles. The Labute approximate surface area is 104 Å². The van der Waals surface area contributed by atoms with Crippen molar-refractivity contribution in [2.75, 3.05) is 25.2 Å². The zero-order valence-electron chi connectivity index (χ0n) is 10.9. The zero-order valence-corrected chi connectivity index (χ0v) is 11.7. The summed E-state index contributed by atoms with van der Waals surface area (Å²) in [5.74, 6) is 2.48. The van der Waals surface area contributed by atoms with Crippen LogP contribution in [0, 0.1) is 5.92 Å². The van der Waals surface area contributed by atoms with Crippen molar-refractivity contribution >= 4 is 17.7 Å². The molecule has 96 valence electrons. The summed E-state index contributed by atoms with van der Waals surface area (Å²) >= 11 is 1.80. The molecule has 4 heteroatoms. The molecule has 0 bridgehead atoms. The molecule has 0 heterocycles. The number of esters is 1. The summed E-state index contributed by atoms with van der Waals surface area (Å²) in [6, 6.07) is 0.612. The van der Waals surface area contributed by atoms with Crippen molar-refractivity contribution in [2.45, 2.75) is 39.7 Å². The highest BCUT2D eigenvalue weighted by Crippen LogP contribution is 2.06. The fourth-order valence-electron chi connectivity index (χ4n) is 1.53. The Bertz CT molecular complexity index is 186. The van der Waals surface area contributed by atoms with Crippen molar-refractivity contribution in [1.82, 2.24) is 5.32 Å². The van der Waals surface area contributed by atoms with E-state index >= 15 is 0 Å². The summed E-state index contributed by atoms with van der Waals surface area (Å²) in [5.41, 5.74) is 0. The van der Waals surface area contributed by atoms with E-state index in [1.54, 1.807) is 11.8 Å². The van der Waals surface area contributed by atoms with Gasteiger partial charge in [-0.25, -0.2) is 0 Å². The zero-order chi connectivity index (χ0) is 12.4. The van der Waals surface area contributed by atoms with Crippen molar-refractivity contribution < 1.29 is 9.53 Å². The highest BCUT2D eigenvalue weighted by atomic mass is 32.2. The average molecular weight is 247 g/mol. The Morgan fingerprint density at radius 3 is 2.56 bits per heavy atom. The van der Waals surface area contributed by atoms with Gasteiger partial charge in [0, 0.05) is 24.1 Å². The molecule has 0 aliphatic carbocycles. The molecular weight excluding hydrogens is 222 g/mol. The van der Waals surface area contributed by atoms with E-state index in [1.807, 2.05) is 0 Å². The largest absolute Gasteiger partial charge is 0.469 e. The fourth-order valence-corrected chi connectivity index (χ4v) is 2.30. The first-order valence-corrected chi connectivity index (χ1v) is 7.15. The van der Waals surface area contributed by atoms with Gasteiger partial charge in [-0.2, -0.15) is 11.8 Å². The average Bonchev–Trinajstić information content (AvgIpc) is 2.27. The SMILES string of the molecule is CCC(NCCSCCC(=O)OC)C(C)C. The van der Waals surface area contributed by atoms with Gasteiger partial charge in [-0.1, -0.05) is 20.8 Å². The van der Waals surface area contributed by atoms with E-state index in [2.05, 4.69) is 30.8 Å². The van der Waals surface area contributed by atoms with Crippen LogP contribution >= 0.6 is 11.8 Å². The molecule has 0 saturated carbocycles. The van der Waals surface area contributed by atoms with Gasteiger partial charge in [-0.05, 0) is 12.3 Å². The fraction of sp³-hybridized carbons (Fsp3) is 0.917. The monoisotopic (exact) mass is 247 g/mol. The van der Waals surface area contributed by atoms with Crippen LogP contribution in [-0.4, -0.2) is 37.2 Å². The Morgan fingerprint density at radius 2 is 2.06 bits per heavy atom. The normalized spacial score (nSPS) is 12.8. The number of ether oxygens (including phenoxy) is 1. The third kappa shape index (κ3) is 7.99. The molecule has 0 rings (SSSR count). The summed E-state index contributed by atoms with van der Waals surface area (Å²) in [7, 11) is 1.43. The second-order valence-corrected chi connectivity index (χ2v) is 5.38. The minimum atomic E-state index is -0.117. The second kappa shape index (κ2) is 9.97. The molecular formula is C12H25NO2S. The van der Waals surface area contributed by atoms with Crippen LogP contribution < -0.4 is 5.32 Å². The van der Waals surface area contributed by atoms with E-state index < -0.39 is 0 Å². The van der Waals surface area contributed by atoms with Crippen LogP contribution in [0.5, 0.6) is 0 Å². The Hall–Kier alpha value is -0.220. The second-order valence-electron chi connectivity index (χ2n) is 4.15. The minimum Gasteiger partial charge on any atom is -0.469 e. The molecule has 16 heavy (non-hydrogen) atoms. The third-order valence-corrected chi connectivity index (χ3v) is 3.56. The number of hydrogen-bond acceptors (Lipinski definition) is 4. The Morgan fingerprint density at radius 1 is 1.38 bits per heavy atom. The van der Waals surface area contributed by atoms with E-state index in [4.69, 9.17) is 0 Å². The number of hydrogen-bond donors (Lipinski definition) is 1. The highest BCUT2D eigenvalue weighted by Gasteiger charge is 2.09. The smallest absolute Gasteiger partial charge is 0.306 e. The van der Waals surface area contributed by atoms with Gasteiger partial charge in [0.2, 0.25) is 0 Å². The topological polar surface area (TPSA) is 38.3 Å². The Kier molecular flexibility index (Phi) is 9.83. The molecule has 0 fully saturated rings. The van der Waals surface area contributed by atoms with Crippen LogP contribution in [-0.2, 0) is 9.53 Å². The lowest BCUT2D eigenvalue weighted by molar-refractivity contribution is -0.140. The van der Waals surface area contributed by atoms with Crippen molar-refractivity contribution in [1.29, 1.82) is 0 Å². The molecule has 0 aromatic carbocycles. The van der Waals surface area contributed by atoms with Gasteiger partial charge < -0.3 is 10.1 Å². The maximum atomic E-state index is 10.8. The van der Waals surface area contributed by atoms with Gasteiger partial charge in [0.25, 0.3) is 0 Å². The summed E-state index contributed by atoms with van der Waals surface area (Å²) < 4.78 is 4.58. The lowest BCUT2D eigenvalue weighted by Gasteiger charge is -2.20. The van der Waals surface area contributed by atoms with E-state index in [1.165, 1.54) is 13.5 Å². The molecule has 0 aromatic rings. The van der Waals surface area contributed by atoms with Crippen LogP contribution in [0.1, 0.15) is 33.6 Å². The molecule has 0 aliphatic heterocycles. The lowest BCUT2D eigenvalue weighted by atomic mass is 10.0. The highest BCUT2D eigenvalue weighted by molar-refractivity contribution is 7.99. The molecule has 0 aliphatic rings. The first-order chi connectivity index (χ1) is 7.61. The van der Waals surface area contributed by atoms with E-state index in [0.717, 1.165) is 18.1 Å². The predicted molar refractivity (Wildman–Crippen MR) is 70.9 cm³/mol. The number of carbonyl (C=O) groups excluding carboxylic acids is 1. The molecule has 1 unspecified atom stereocenters. The number of nitrogens with one attached hydrogen (secondary N) is 1. The van der Waals surface area contributed by atoms with Crippen molar-refractivity contribution in [3.05, 3.63) is 0 Å². The summed E-state index contributed by atoms with van der Waals surface area (Å²) in [6.07, 6.45) is 1.69. The van der Waals surface area contributed by atoms with Gasteiger partial charge >= 0.3 is 5.97 Å². The lowest BCUT2D eigenvalue weighted by Crippen LogP contribution is -2.34. The number of carbonyl (C=O) groups is 1. The van der Waals surface area contributed by atoms with Crippen LogP contribution in [0.3, 0.4) is 0 Å². The first-order valence-electron chi connectivity index (χ1n) is 5.99. The summed E-state index contributed by atoms with van der Waals surface area (Å²) in [5, 5.41) is 3.53. The maximum Gasteiger partial charge on any atom is 0.306 e. The van der Waals surface area contributed by atoms with Crippen molar-refractivity contribution in [3.63, 3.8) is 0 Å². The van der Waals surface area contributed by atoms with Crippen LogP contribution in [0.25, 0.3) is 0 Å². The van der Waals surface area contributed by atoms with Gasteiger partial charge in [0.15, 0.2) is 0 Å². The summed E-state index contributed by atoms with van der Waals surface area (Å²) in [4.78, 5) is 10.8. The van der Waals surface area contributed by atoms with Crippen molar-refractivity contribution in [2.24, 2.45) is 5.92 Å². The minimum absolute atomic E-state index is 0.117. The van der Waals surface area contributed by atoms with Crippen LogP contribution in [0.4, 0.5) is 0 Å². The molecule has 1 atom stereocenters. The maximum absolute atomic E-state index is 10.8. The predicted octanol–water partition coefficient (Wildman–Crippen LogP) is 2.31. The van der Waals surface area contributed by atoms with Gasteiger partial charge in [-0.15, -0.1) is 0 Å².